The minimum atomic E-state index is -4.78. The summed E-state index contributed by atoms with van der Waals surface area (Å²) in [6.07, 6.45) is -2.62. The van der Waals surface area contributed by atoms with E-state index in [0.717, 1.165) is 4.90 Å². The van der Waals surface area contributed by atoms with E-state index in [1.807, 2.05) is 0 Å². The lowest BCUT2D eigenvalue weighted by molar-refractivity contribution is -0.384. The third kappa shape index (κ3) is 5.62. The molecule has 1 aromatic heterocycles. The standard InChI is InChI=1S/C38H25Cl3F3N5O7/c39-19-3-1-17(2-4-19)37-27(34(52)48(36(37)54)46-32-29(41)13-18(16-45-32)38(42,43)44)15-26-23(31(37)24-10-9-22(50)14-28(24)40)11-12-25-30(26)35(53)47(33(25)51)20-5-7-21(8-6-20)49(55)56/h1-11,13-14,16,25-27,30-31,50H,12,15H2,(H,45,46). The number of hydrazine groups is 1. The van der Waals surface area contributed by atoms with Crippen LogP contribution in [0.25, 0.3) is 0 Å². The number of pyridine rings is 1. The number of carbonyl (C=O) groups is 4. The van der Waals surface area contributed by atoms with Crippen LogP contribution >= 0.6 is 34.8 Å². The number of non-ortho nitro benzene ring substituents is 1. The summed E-state index contributed by atoms with van der Waals surface area (Å²) in [6, 6.07) is 15.9. The van der Waals surface area contributed by atoms with Gasteiger partial charge in [-0.25, -0.2) is 4.98 Å². The Hall–Kier alpha value is -5.51. The van der Waals surface area contributed by atoms with Crippen molar-refractivity contribution in [2.45, 2.75) is 30.4 Å². The zero-order valence-electron chi connectivity index (χ0n) is 28.3. The Labute approximate surface area is 329 Å². The third-order valence-corrected chi connectivity index (χ3v) is 12.0. The number of nitrogens with one attached hydrogen (secondary N) is 1. The monoisotopic (exact) mass is 825 g/mol. The van der Waals surface area contributed by atoms with Crippen molar-refractivity contribution < 1.29 is 42.4 Å². The number of anilines is 2. The number of hydrogen-bond acceptors (Lipinski definition) is 9. The number of nitro groups is 1. The molecule has 2 aliphatic carbocycles. The summed E-state index contributed by atoms with van der Waals surface area (Å²) in [6.45, 7) is 0. The molecule has 0 spiro atoms. The van der Waals surface area contributed by atoms with Crippen LogP contribution in [0.1, 0.15) is 35.4 Å². The summed E-state index contributed by atoms with van der Waals surface area (Å²) >= 11 is 19.4. The molecule has 0 radical (unpaired) electrons. The fraction of sp³-hybridized carbons (Fsp3) is 0.237. The predicted molar refractivity (Wildman–Crippen MR) is 196 cm³/mol. The fourth-order valence-corrected chi connectivity index (χ4v) is 9.47. The highest BCUT2D eigenvalue weighted by Gasteiger charge is 2.70. The molecule has 4 amide bonds. The van der Waals surface area contributed by atoms with E-state index in [4.69, 9.17) is 34.8 Å². The van der Waals surface area contributed by atoms with E-state index in [2.05, 4.69) is 10.4 Å². The highest BCUT2D eigenvalue weighted by Crippen LogP contribution is 2.65. The second kappa shape index (κ2) is 13.3. The van der Waals surface area contributed by atoms with Crippen molar-refractivity contribution in [3.8, 4) is 5.75 Å². The molecule has 6 unspecified atom stereocenters. The number of nitro benzene ring substituents is 1. The molecule has 18 heteroatoms. The third-order valence-electron chi connectivity index (χ3n) is 11.2. The highest BCUT2D eigenvalue weighted by atomic mass is 35.5. The van der Waals surface area contributed by atoms with Crippen molar-refractivity contribution in [2.24, 2.45) is 23.7 Å². The molecular weight excluding hydrogens is 802 g/mol. The average molecular weight is 827 g/mol. The Morgan fingerprint density at radius 1 is 0.893 bits per heavy atom. The molecule has 8 rings (SSSR count). The topological polar surface area (TPSA) is 163 Å². The molecule has 1 saturated carbocycles. The van der Waals surface area contributed by atoms with E-state index in [-0.39, 0.29) is 35.0 Å². The Morgan fingerprint density at radius 2 is 1.59 bits per heavy atom. The zero-order chi connectivity index (χ0) is 40.0. The quantitative estimate of drug-likeness (QED) is 0.0853. The van der Waals surface area contributed by atoms with Crippen LogP contribution < -0.4 is 10.3 Å². The van der Waals surface area contributed by atoms with Gasteiger partial charge in [-0.15, -0.1) is 0 Å². The van der Waals surface area contributed by atoms with Gasteiger partial charge in [-0.3, -0.25) is 39.6 Å². The number of hydrogen-bond donors (Lipinski definition) is 2. The number of allylic oxidation sites excluding steroid dienone is 2. The van der Waals surface area contributed by atoms with Gasteiger partial charge in [-0.2, -0.15) is 18.2 Å². The summed E-state index contributed by atoms with van der Waals surface area (Å²) < 4.78 is 40.4. The molecule has 3 fully saturated rings. The Bertz CT molecular complexity index is 2410. The minimum absolute atomic E-state index is 0.0196. The molecule has 2 saturated heterocycles. The van der Waals surface area contributed by atoms with Crippen LogP contribution in [0.2, 0.25) is 15.1 Å². The van der Waals surface area contributed by atoms with Gasteiger partial charge in [0.15, 0.2) is 5.82 Å². The number of rotatable bonds is 6. The van der Waals surface area contributed by atoms with Crippen LogP contribution in [0.3, 0.4) is 0 Å². The molecule has 2 aliphatic heterocycles. The number of nitrogens with zero attached hydrogens (tertiary/aromatic N) is 4. The first kappa shape index (κ1) is 37.4. The maximum atomic E-state index is 15.3. The zero-order valence-corrected chi connectivity index (χ0v) is 30.6. The largest absolute Gasteiger partial charge is 0.508 e. The summed E-state index contributed by atoms with van der Waals surface area (Å²) in [5.41, 5.74) is 0.567. The molecule has 2 N–H and O–H groups in total. The van der Waals surface area contributed by atoms with E-state index < -0.39 is 86.1 Å². The normalized spacial score (nSPS) is 25.8. The number of imide groups is 2. The number of aromatic nitrogens is 1. The number of phenols is 1. The maximum Gasteiger partial charge on any atom is 0.417 e. The number of amides is 4. The minimum Gasteiger partial charge on any atom is -0.508 e. The lowest BCUT2D eigenvalue weighted by atomic mass is 9.49. The molecule has 6 atom stereocenters. The van der Waals surface area contributed by atoms with Crippen LogP contribution in [-0.4, -0.2) is 43.7 Å². The molecule has 12 nitrogen and oxygen atoms in total. The lowest BCUT2D eigenvalue weighted by Gasteiger charge is -2.50. The summed E-state index contributed by atoms with van der Waals surface area (Å²) in [7, 11) is 0. The van der Waals surface area contributed by atoms with Crippen molar-refractivity contribution in [1.82, 2.24) is 9.99 Å². The van der Waals surface area contributed by atoms with Gasteiger partial charge in [0.1, 0.15) is 5.75 Å². The van der Waals surface area contributed by atoms with E-state index in [1.54, 1.807) is 18.2 Å². The summed E-state index contributed by atoms with van der Waals surface area (Å²) in [4.78, 5) is 73.9. The van der Waals surface area contributed by atoms with Crippen molar-refractivity contribution in [1.29, 1.82) is 0 Å². The van der Waals surface area contributed by atoms with Crippen molar-refractivity contribution in [3.63, 3.8) is 0 Å². The van der Waals surface area contributed by atoms with Gasteiger partial charge >= 0.3 is 6.18 Å². The molecule has 3 aromatic carbocycles. The van der Waals surface area contributed by atoms with Gasteiger partial charge in [-0.1, -0.05) is 64.7 Å². The first-order valence-electron chi connectivity index (χ1n) is 17.0. The predicted octanol–water partition coefficient (Wildman–Crippen LogP) is 7.86. The Morgan fingerprint density at radius 3 is 2.21 bits per heavy atom. The SMILES string of the molecule is O=C1C2CC3C(=CCC4C(=O)N(c5ccc([N+](=O)[O-])cc5)C(=O)C43)C(c3ccc(O)cc3Cl)C2(c2ccc(Cl)cc2)C(=O)N1Nc1ncc(C(F)(F)F)cc1Cl. The first-order valence-corrected chi connectivity index (χ1v) is 18.1. The van der Waals surface area contributed by atoms with Gasteiger partial charge in [0.25, 0.3) is 17.5 Å². The second-order valence-corrected chi connectivity index (χ2v) is 15.2. The Kier molecular flexibility index (Phi) is 8.90. The van der Waals surface area contributed by atoms with E-state index >= 15 is 4.79 Å². The van der Waals surface area contributed by atoms with Crippen LogP contribution in [-0.2, 0) is 30.8 Å². The van der Waals surface area contributed by atoms with Crippen LogP contribution in [0.15, 0.2) is 90.6 Å². The van der Waals surface area contributed by atoms with Gasteiger partial charge < -0.3 is 5.11 Å². The van der Waals surface area contributed by atoms with Gasteiger partial charge in [-0.05, 0) is 72.4 Å². The average Bonchev–Trinajstić information content (AvgIpc) is 3.53. The molecule has 4 aromatic rings. The Balaban J connectivity index is 1.30. The molecule has 4 aliphatic rings. The molecular formula is C38H25Cl3F3N5O7. The number of benzene rings is 3. The van der Waals surface area contributed by atoms with Crippen LogP contribution in [0.5, 0.6) is 5.75 Å². The van der Waals surface area contributed by atoms with Crippen LogP contribution in [0, 0.1) is 33.8 Å². The van der Waals surface area contributed by atoms with E-state index in [1.165, 1.54) is 54.6 Å². The first-order chi connectivity index (χ1) is 26.5. The lowest BCUT2D eigenvalue weighted by Crippen LogP contribution is -2.53. The summed E-state index contributed by atoms with van der Waals surface area (Å²) in [5, 5.41) is 22.1. The van der Waals surface area contributed by atoms with Crippen molar-refractivity contribution in [2.75, 3.05) is 10.3 Å². The number of fused-ring (bicyclic) bond motifs is 4. The fourth-order valence-electron chi connectivity index (χ4n) is 8.86. The maximum absolute atomic E-state index is 15.3. The van der Waals surface area contributed by atoms with E-state index in [0.29, 0.717) is 39.0 Å². The molecule has 286 valence electrons. The van der Waals surface area contributed by atoms with Gasteiger partial charge in [0.2, 0.25) is 11.8 Å². The summed E-state index contributed by atoms with van der Waals surface area (Å²) in [5.74, 6) is -8.59. The smallest absolute Gasteiger partial charge is 0.417 e. The van der Waals surface area contributed by atoms with E-state index in [9.17, 15) is 42.8 Å². The second-order valence-electron chi connectivity index (χ2n) is 13.9. The number of halogens is 6. The molecule has 3 heterocycles. The number of carbonyl (C=O) groups excluding carboxylic acids is 4. The van der Waals surface area contributed by atoms with Gasteiger partial charge in [0, 0.05) is 34.3 Å². The van der Waals surface area contributed by atoms with Crippen molar-refractivity contribution >= 4 is 75.6 Å². The number of aromatic hydroxyl groups is 1. The number of alkyl halides is 3. The highest BCUT2D eigenvalue weighted by molar-refractivity contribution is 6.33. The molecule has 0 bridgehead atoms. The molecule has 56 heavy (non-hydrogen) atoms. The van der Waals surface area contributed by atoms with Crippen LogP contribution in [0.4, 0.5) is 30.4 Å². The number of phenolic OH excluding ortho intramolecular Hbond substituents is 1. The van der Waals surface area contributed by atoms with Crippen molar-refractivity contribution in [3.05, 3.63) is 133 Å². The van der Waals surface area contributed by atoms with Gasteiger partial charge in [0.05, 0.1) is 44.4 Å².